The Labute approximate surface area is 136 Å². The zero-order valence-corrected chi connectivity index (χ0v) is 14.2. The van der Waals surface area contributed by atoms with E-state index in [4.69, 9.17) is 17.0 Å². The molecule has 0 aliphatic rings. The fourth-order valence-electron chi connectivity index (χ4n) is 1.38. The van der Waals surface area contributed by atoms with Crippen molar-refractivity contribution in [3.8, 4) is 0 Å². The van der Waals surface area contributed by atoms with Gasteiger partial charge in [0.1, 0.15) is 0 Å². The molecule has 0 atom stereocenters. The summed E-state index contributed by atoms with van der Waals surface area (Å²) in [6.07, 6.45) is 1.54. The highest BCUT2D eigenvalue weighted by Crippen LogP contribution is 2.23. The van der Waals surface area contributed by atoms with Crippen LogP contribution in [0, 0.1) is 0 Å². The van der Waals surface area contributed by atoms with E-state index in [2.05, 4.69) is 9.71 Å². The molecule has 0 fully saturated rings. The molecule has 1 aromatic heterocycles. The average molecular weight is 361 g/mol. The Kier molecular flexibility index (Phi) is 5.57. The topological polar surface area (TPSA) is 68.3 Å². The van der Waals surface area contributed by atoms with Crippen molar-refractivity contribution >= 4 is 54.9 Å². The molecule has 0 bridgehead atoms. The molecule has 21 heavy (non-hydrogen) atoms. The molecule has 0 amide bonds. The SMILES string of the molecule is CCOC(=S)Sc1ccc(S(=O)(=O)Nc2nccs2)cc1. The van der Waals surface area contributed by atoms with Crippen molar-refractivity contribution in [3.63, 3.8) is 0 Å². The molecule has 1 N–H and O–H groups in total. The predicted octanol–water partition coefficient (Wildman–Crippen LogP) is 3.36. The first kappa shape index (κ1) is 16.2. The summed E-state index contributed by atoms with van der Waals surface area (Å²) >= 11 is 7.52. The molecule has 0 aliphatic heterocycles. The minimum absolute atomic E-state index is 0.171. The van der Waals surface area contributed by atoms with Crippen molar-refractivity contribution in [2.45, 2.75) is 16.7 Å². The zero-order valence-electron chi connectivity index (χ0n) is 11.0. The lowest BCUT2D eigenvalue weighted by atomic mass is 10.4. The first-order valence-electron chi connectivity index (χ1n) is 5.88. The number of nitrogens with zero attached hydrogens (tertiary/aromatic N) is 1. The van der Waals surface area contributed by atoms with E-state index in [-0.39, 0.29) is 4.90 Å². The third-order valence-electron chi connectivity index (χ3n) is 2.25. The van der Waals surface area contributed by atoms with Crippen LogP contribution in [0.1, 0.15) is 6.92 Å². The van der Waals surface area contributed by atoms with Crippen LogP contribution in [0.2, 0.25) is 0 Å². The van der Waals surface area contributed by atoms with E-state index in [1.54, 1.807) is 17.5 Å². The second-order valence-electron chi connectivity index (χ2n) is 3.70. The fourth-order valence-corrected chi connectivity index (χ4v) is 4.21. The second-order valence-corrected chi connectivity index (χ2v) is 7.95. The molecule has 2 rings (SSSR count). The van der Waals surface area contributed by atoms with Crippen molar-refractivity contribution < 1.29 is 13.2 Å². The Balaban J connectivity index is 2.09. The maximum absolute atomic E-state index is 12.1. The summed E-state index contributed by atoms with van der Waals surface area (Å²) in [5, 5.41) is 2.04. The van der Waals surface area contributed by atoms with Gasteiger partial charge in [0.25, 0.3) is 10.0 Å². The lowest BCUT2D eigenvalue weighted by Gasteiger charge is -2.07. The van der Waals surface area contributed by atoms with Gasteiger partial charge in [-0.25, -0.2) is 13.4 Å². The van der Waals surface area contributed by atoms with Gasteiger partial charge in [-0.1, -0.05) is 0 Å². The highest BCUT2D eigenvalue weighted by atomic mass is 32.2. The highest BCUT2D eigenvalue weighted by Gasteiger charge is 2.15. The monoisotopic (exact) mass is 360 g/mol. The second kappa shape index (κ2) is 7.21. The molecule has 112 valence electrons. The molecule has 9 heteroatoms. The van der Waals surface area contributed by atoms with Gasteiger partial charge in [0, 0.05) is 16.5 Å². The van der Waals surface area contributed by atoms with Gasteiger partial charge in [0.2, 0.25) is 4.38 Å². The molecule has 0 saturated heterocycles. The fraction of sp³-hybridized carbons (Fsp3) is 0.167. The third-order valence-corrected chi connectivity index (χ3v) is 5.58. The summed E-state index contributed by atoms with van der Waals surface area (Å²) in [6.45, 7) is 2.36. The van der Waals surface area contributed by atoms with Crippen molar-refractivity contribution in [1.29, 1.82) is 0 Å². The standard InChI is InChI=1S/C12H12N2O3S4/c1-2-17-12(18)20-9-3-5-10(6-4-9)21(15,16)14-11-13-7-8-19-11/h3-8H,2H2,1H3,(H,13,14). The molecule has 0 radical (unpaired) electrons. The molecule has 5 nitrogen and oxygen atoms in total. The highest BCUT2D eigenvalue weighted by molar-refractivity contribution is 8.22. The number of benzene rings is 1. The number of thioether (sulfide) groups is 1. The van der Waals surface area contributed by atoms with Gasteiger partial charge in [-0.3, -0.25) is 4.72 Å². The summed E-state index contributed by atoms with van der Waals surface area (Å²) in [5.41, 5.74) is 0. The Bertz CT molecular complexity index is 697. The number of sulfonamides is 1. The number of hydrogen-bond donors (Lipinski definition) is 1. The quantitative estimate of drug-likeness (QED) is 0.651. The van der Waals surface area contributed by atoms with Gasteiger partial charge in [-0.05, 0) is 55.2 Å². The summed E-state index contributed by atoms with van der Waals surface area (Å²) in [6, 6.07) is 6.42. The van der Waals surface area contributed by atoms with Crippen molar-refractivity contribution in [1.82, 2.24) is 4.98 Å². The largest absolute Gasteiger partial charge is 0.479 e. The van der Waals surface area contributed by atoms with E-state index in [1.165, 1.54) is 41.4 Å². The van der Waals surface area contributed by atoms with Crippen LogP contribution in [0.5, 0.6) is 0 Å². The molecule has 1 heterocycles. The molecule has 2 aromatic rings. The van der Waals surface area contributed by atoms with E-state index in [1.807, 2.05) is 6.92 Å². The average Bonchev–Trinajstić information content (AvgIpc) is 2.91. The smallest absolute Gasteiger partial charge is 0.263 e. The number of anilines is 1. The van der Waals surface area contributed by atoms with Gasteiger partial charge in [-0.2, -0.15) is 0 Å². The van der Waals surface area contributed by atoms with Gasteiger partial charge in [0.05, 0.1) is 11.5 Å². The number of nitrogens with one attached hydrogen (secondary N) is 1. The Morgan fingerprint density at radius 2 is 2.14 bits per heavy atom. The molecule has 0 unspecified atom stereocenters. The number of rotatable bonds is 5. The van der Waals surface area contributed by atoms with E-state index in [9.17, 15) is 8.42 Å². The van der Waals surface area contributed by atoms with Crippen LogP contribution >= 0.6 is 35.3 Å². The number of thiocarbonyl (C=S) groups is 1. The summed E-state index contributed by atoms with van der Waals surface area (Å²) < 4.78 is 32.3. The normalized spacial score (nSPS) is 11.1. The molecule has 0 spiro atoms. The molecule has 0 aliphatic carbocycles. The number of hydrogen-bond acceptors (Lipinski definition) is 7. The van der Waals surface area contributed by atoms with Gasteiger partial charge >= 0.3 is 0 Å². The van der Waals surface area contributed by atoms with Crippen molar-refractivity contribution in [2.75, 3.05) is 11.3 Å². The van der Waals surface area contributed by atoms with Crippen LogP contribution in [0.25, 0.3) is 0 Å². The van der Waals surface area contributed by atoms with Gasteiger partial charge < -0.3 is 4.74 Å². The molecule has 1 aromatic carbocycles. The van der Waals surface area contributed by atoms with Crippen LogP contribution in [-0.4, -0.2) is 24.4 Å². The van der Waals surface area contributed by atoms with E-state index < -0.39 is 10.0 Å². The van der Waals surface area contributed by atoms with Crippen LogP contribution in [0.15, 0.2) is 45.6 Å². The Morgan fingerprint density at radius 1 is 1.43 bits per heavy atom. The summed E-state index contributed by atoms with van der Waals surface area (Å²) in [7, 11) is -3.61. The first-order chi connectivity index (χ1) is 10.0. The van der Waals surface area contributed by atoms with Crippen LogP contribution < -0.4 is 4.72 Å². The van der Waals surface area contributed by atoms with E-state index >= 15 is 0 Å². The number of aromatic nitrogens is 1. The molecular weight excluding hydrogens is 348 g/mol. The summed E-state index contributed by atoms with van der Waals surface area (Å²) in [5.74, 6) is 0. The van der Waals surface area contributed by atoms with Gasteiger partial charge in [-0.15, -0.1) is 11.3 Å². The third kappa shape index (κ3) is 4.67. The van der Waals surface area contributed by atoms with Crippen molar-refractivity contribution in [2.24, 2.45) is 0 Å². The van der Waals surface area contributed by atoms with Gasteiger partial charge in [0.15, 0.2) is 5.13 Å². The predicted molar refractivity (Wildman–Crippen MR) is 89.4 cm³/mol. The maximum Gasteiger partial charge on any atom is 0.263 e. The lowest BCUT2D eigenvalue weighted by Crippen LogP contribution is -2.12. The maximum atomic E-state index is 12.1. The number of ether oxygens (including phenoxy) is 1. The molecule has 0 saturated carbocycles. The Morgan fingerprint density at radius 3 is 2.71 bits per heavy atom. The molecular formula is C12H12N2O3S4. The van der Waals surface area contributed by atoms with E-state index in [0.717, 1.165) is 4.90 Å². The minimum atomic E-state index is -3.61. The van der Waals surface area contributed by atoms with Crippen LogP contribution in [0.3, 0.4) is 0 Å². The Hall–Kier alpha value is -1.16. The van der Waals surface area contributed by atoms with Crippen LogP contribution in [0.4, 0.5) is 5.13 Å². The first-order valence-corrected chi connectivity index (χ1v) is 9.47. The minimum Gasteiger partial charge on any atom is -0.479 e. The zero-order chi connectivity index (χ0) is 15.3. The number of thiazole rings is 1. The van der Waals surface area contributed by atoms with Crippen molar-refractivity contribution in [3.05, 3.63) is 35.8 Å². The lowest BCUT2D eigenvalue weighted by molar-refractivity contribution is 0.346. The van der Waals surface area contributed by atoms with E-state index in [0.29, 0.717) is 16.1 Å². The summed E-state index contributed by atoms with van der Waals surface area (Å²) in [4.78, 5) is 4.89. The van der Waals surface area contributed by atoms with Crippen LogP contribution in [-0.2, 0) is 14.8 Å².